The van der Waals surface area contributed by atoms with Gasteiger partial charge in [-0.05, 0) is 38.0 Å². The van der Waals surface area contributed by atoms with Gasteiger partial charge in [0.05, 0.1) is 6.10 Å². The fourth-order valence-corrected chi connectivity index (χ4v) is 2.86. The number of hydrogen-bond acceptors (Lipinski definition) is 3. The van der Waals surface area contributed by atoms with Crippen LogP contribution in [0.4, 0.5) is 0 Å². The van der Waals surface area contributed by atoms with Crippen molar-refractivity contribution in [2.24, 2.45) is 5.92 Å². The topological polar surface area (TPSA) is 57.6 Å². The Bertz CT molecular complexity index is 285. The highest BCUT2D eigenvalue weighted by atomic mass is 16.3. The average Bonchev–Trinajstić information content (AvgIpc) is 2.63. The van der Waals surface area contributed by atoms with Gasteiger partial charge in [-0.1, -0.05) is 6.42 Å². The van der Waals surface area contributed by atoms with Gasteiger partial charge in [-0.3, -0.25) is 14.5 Å². The van der Waals surface area contributed by atoms with Crippen LogP contribution < -0.4 is 0 Å². The summed E-state index contributed by atoms with van der Waals surface area (Å²) >= 11 is 0. The highest BCUT2D eigenvalue weighted by Crippen LogP contribution is 2.28. The van der Waals surface area contributed by atoms with Crippen molar-refractivity contribution in [1.82, 2.24) is 4.90 Å². The second kappa shape index (κ2) is 5.63. The van der Waals surface area contributed by atoms with Crippen molar-refractivity contribution < 1.29 is 14.7 Å². The van der Waals surface area contributed by atoms with E-state index in [0.717, 1.165) is 38.5 Å². The lowest BCUT2D eigenvalue weighted by molar-refractivity contribution is -0.144. The quantitative estimate of drug-likeness (QED) is 0.759. The van der Waals surface area contributed by atoms with E-state index in [-0.39, 0.29) is 23.8 Å². The average molecular weight is 239 g/mol. The van der Waals surface area contributed by atoms with Gasteiger partial charge in [0.15, 0.2) is 0 Å². The number of amides is 2. The van der Waals surface area contributed by atoms with Crippen LogP contribution in [0.3, 0.4) is 0 Å². The zero-order valence-corrected chi connectivity index (χ0v) is 10.2. The molecular formula is C13H21NO3. The van der Waals surface area contributed by atoms with E-state index in [9.17, 15) is 14.7 Å². The Kier molecular flexibility index (Phi) is 4.15. The highest BCUT2D eigenvalue weighted by Gasteiger charge is 2.28. The molecule has 2 fully saturated rings. The number of hydrogen-bond donors (Lipinski definition) is 1. The third-order valence-corrected chi connectivity index (χ3v) is 3.98. The Hall–Kier alpha value is -0.900. The summed E-state index contributed by atoms with van der Waals surface area (Å²) in [5.41, 5.74) is 0. The van der Waals surface area contributed by atoms with Crippen LogP contribution in [-0.4, -0.2) is 34.5 Å². The maximum absolute atomic E-state index is 11.8. The predicted octanol–water partition coefficient (Wildman–Crippen LogP) is 1.47. The molecule has 0 aromatic carbocycles. The van der Waals surface area contributed by atoms with Gasteiger partial charge < -0.3 is 5.11 Å². The number of aliphatic hydroxyl groups is 1. The van der Waals surface area contributed by atoms with E-state index in [0.29, 0.717) is 19.4 Å². The molecule has 4 heteroatoms. The monoisotopic (exact) mass is 239 g/mol. The number of imide groups is 1. The SMILES string of the molecule is O=C1CCCCC(=O)N1CCC1CCCC1O. The molecule has 2 unspecified atom stereocenters. The number of carbonyl (C=O) groups is 2. The van der Waals surface area contributed by atoms with Gasteiger partial charge in [-0.2, -0.15) is 0 Å². The largest absolute Gasteiger partial charge is 0.393 e. The van der Waals surface area contributed by atoms with Gasteiger partial charge in [-0.25, -0.2) is 0 Å². The first-order chi connectivity index (χ1) is 8.18. The van der Waals surface area contributed by atoms with Crippen molar-refractivity contribution in [3.8, 4) is 0 Å². The summed E-state index contributed by atoms with van der Waals surface area (Å²) < 4.78 is 0. The molecule has 2 aliphatic rings. The maximum atomic E-state index is 11.8. The summed E-state index contributed by atoms with van der Waals surface area (Å²) in [6, 6.07) is 0. The van der Waals surface area contributed by atoms with Crippen LogP contribution in [0.5, 0.6) is 0 Å². The van der Waals surface area contributed by atoms with Gasteiger partial charge in [0.2, 0.25) is 11.8 Å². The van der Waals surface area contributed by atoms with Crippen molar-refractivity contribution in [3.05, 3.63) is 0 Å². The molecule has 0 aromatic heterocycles. The predicted molar refractivity (Wildman–Crippen MR) is 63.2 cm³/mol. The fourth-order valence-electron chi connectivity index (χ4n) is 2.86. The first-order valence-corrected chi connectivity index (χ1v) is 6.70. The van der Waals surface area contributed by atoms with Crippen LogP contribution in [0.15, 0.2) is 0 Å². The Labute approximate surface area is 102 Å². The third-order valence-electron chi connectivity index (χ3n) is 3.98. The van der Waals surface area contributed by atoms with E-state index in [1.807, 2.05) is 0 Å². The fraction of sp³-hybridized carbons (Fsp3) is 0.846. The summed E-state index contributed by atoms with van der Waals surface area (Å²) in [4.78, 5) is 24.9. The van der Waals surface area contributed by atoms with E-state index in [4.69, 9.17) is 0 Å². The van der Waals surface area contributed by atoms with Crippen LogP contribution in [0.1, 0.15) is 51.4 Å². The molecule has 17 heavy (non-hydrogen) atoms. The third kappa shape index (κ3) is 3.06. The Morgan fingerprint density at radius 2 is 1.71 bits per heavy atom. The lowest BCUT2D eigenvalue weighted by Gasteiger charge is -2.22. The second-order valence-corrected chi connectivity index (χ2v) is 5.19. The normalized spacial score (nSPS) is 30.8. The molecule has 1 saturated heterocycles. The lowest BCUT2D eigenvalue weighted by Crippen LogP contribution is -2.37. The zero-order chi connectivity index (χ0) is 12.3. The van der Waals surface area contributed by atoms with Gasteiger partial charge >= 0.3 is 0 Å². The molecule has 1 heterocycles. The summed E-state index contributed by atoms with van der Waals surface area (Å²) in [5.74, 6) is 0.221. The lowest BCUT2D eigenvalue weighted by atomic mass is 10.0. The highest BCUT2D eigenvalue weighted by molar-refractivity contribution is 5.95. The Morgan fingerprint density at radius 3 is 2.24 bits per heavy atom. The first kappa shape index (κ1) is 12.6. The minimum atomic E-state index is -0.229. The van der Waals surface area contributed by atoms with Crippen molar-refractivity contribution in [3.63, 3.8) is 0 Å². The molecule has 1 aliphatic carbocycles. The Morgan fingerprint density at radius 1 is 1.06 bits per heavy atom. The molecule has 0 spiro atoms. The zero-order valence-electron chi connectivity index (χ0n) is 10.2. The number of carbonyl (C=O) groups excluding carboxylic acids is 2. The van der Waals surface area contributed by atoms with Crippen molar-refractivity contribution in [2.45, 2.75) is 57.5 Å². The van der Waals surface area contributed by atoms with E-state index in [2.05, 4.69) is 0 Å². The van der Waals surface area contributed by atoms with Crippen molar-refractivity contribution in [1.29, 1.82) is 0 Å². The van der Waals surface area contributed by atoms with Crippen LogP contribution in [-0.2, 0) is 9.59 Å². The molecule has 1 N–H and O–H groups in total. The molecule has 4 nitrogen and oxygen atoms in total. The van der Waals surface area contributed by atoms with Crippen molar-refractivity contribution >= 4 is 11.8 Å². The molecule has 0 radical (unpaired) electrons. The second-order valence-electron chi connectivity index (χ2n) is 5.19. The molecular weight excluding hydrogens is 218 g/mol. The van der Waals surface area contributed by atoms with E-state index in [1.165, 1.54) is 4.90 Å². The van der Waals surface area contributed by atoms with Gasteiger partial charge in [0, 0.05) is 19.4 Å². The summed E-state index contributed by atoms with van der Waals surface area (Å²) in [6.07, 6.45) is 6.14. The van der Waals surface area contributed by atoms with E-state index in [1.54, 1.807) is 0 Å². The molecule has 96 valence electrons. The minimum absolute atomic E-state index is 0.0278. The molecule has 1 aliphatic heterocycles. The van der Waals surface area contributed by atoms with Gasteiger partial charge in [0.1, 0.15) is 0 Å². The summed E-state index contributed by atoms with van der Waals surface area (Å²) in [7, 11) is 0. The molecule has 2 amide bonds. The van der Waals surface area contributed by atoms with Crippen LogP contribution in [0.25, 0.3) is 0 Å². The maximum Gasteiger partial charge on any atom is 0.229 e. The van der Waals surface area contributed by atoms with E-state index < -0.39 is 0 Å². The minimum Gasteiger partial charge on any atom is -0.393 e. The molecule has 0 aromatic rings. The molecule has 0 bridgehead atoms. The summed E-state index contributed by atoms with van der Waals surface area (Å²) in [5, 5.41) is 9.72. The standard InChI is InChI=1S/C13H21NO3/c15-11-5-3-4-10(11)8-9-14-12(16)6-1-2-7-13(14)17/h10-11,15H,1-9H2. The van der Waals surface area contributed by atoms with Crippen molar-refractivity contribution in [2.75, 3.05) is 6.54 Å². The molecule has 1 saturated carbocycles. The number of rotatable bonds is 3. The Balaban J connectivity index is 1.87. The molecule has 2 atom stereocenters. The number of nitrogens with zero attached hydrogens (tertiary/aromatic N) is 1. The molecule has 2 rings (SSSR count). The van der Waals surface area contributed by atoms with Gasteiger partial charge in [0.25, 0.3) is 0 Å². The smallest absolute Gasteiger partial charge is 0.229 e. The van der Waals surface area contributed by atoms with Crippen LogP contribution in [0.2, 0.25) is 0 Å². The van der Waals surface area contributed by atoms with E-state index >= 15 is 0 Å². The number of aliphatic hydroxyl groups excluding tert-OH is 1. The van der Waals surface area contributed by atoms with Crippen LogP contribution >= 0.6 is 0 Å². The number of likely N-dealkylation sites (tertiary alicyclic amines) is 1. The van der Waals surface area contributed by atoms with Gasteiger partial charge in [-0.15, -0.1) is 0 Å². The first-order valence-electron chi connectivity index (χ1n) is 6.70. The summed E-state index contributed by atoms with van der Waals surface area (Å²) in [6.45, 7) is 0.499. The van der Waals surface area contributed by atoms with Crippen LogP contribution in [0, 0.1) is 5.92 Å².